The predicted octanol–water partition coefficient (Wildman–Crippen LogP) is 1.87. The first-order valence-electron chi connectivity index (χ1n) is 3.15. The topological polar surface area (TPSA) is 52.6 Å². The van der Waals surface area contributed by atoms with Gasteiger partial charge in [0.15, 0.2) is 0 Å². The Hall–Kier alpha value is -0.770. The molecule has 1 atom stereocenters. The van der Waals surface area contributed by atoms with Crippen molar-refractivity contribution in [1.82, 2.24) is 0 Å². The highest BCUT2D eigenvalue weighted by Crippen LogP contribution is 2.03. The van der Waals surface area contributed by atoms with Gasteiger partial charge in [0.05, 0.1) is 5.92 Å². The van der Waals surface area contributed by atoms with Crippen LogP contribution >= 0.6 is 11.6 Å². The van der Waals surface area contributed by atoms with Gasteiger partial charge in [0.25, 0.3) is 0 Å². The molecule has 0 saturated carbocycles. The predicted molar refractivity (Wildman–Crippen MR) is 37.9 cm³/mol. The Balaban J connectivity index is 3.60. The second-order valence-electron chi connectivity index (χ2n) is 2.03. The molecule has 5 heteroatoms. The molecule has 0 fully saturated rings. The molecule has 0 heterocycles. The summed E-state index contributed by atoms with van der Waals surface area (Å²) in [5, 5.41) is 0. The molecule has 4 nitrogen and oxygen atoms in total. The zero-order valence-corrected chi connectivity index (χ0v) is 7.05. The Labute approximate surface area is 69.3 Å². The number of carbonyl (C=O) groups is 2. The van der Waals surface area contributed by atoms with E-state index in [1.165, 1.54) is 0 Å². The van der Waals surface area contributed by atoms with Crippen molar-refractivity contribution >= 4 is 23.0 Å². The summed E-state index contributed by atoms with van der Waals surface area (Å²) < 4.78 is 0. The van der Waals surface area contributed by atoms with Gasteiger partial charge in [-0.3, -0.25) is 0 Å². The average Bonchev–Trinajstić information content (AvgIpc) is 1.98. The van der Waals surface area contributed by atoms with E-state index in [9.17, 15) is 9.59 Å². The zero-order chi connectivity index (χ0) is 8.85. The molecule has 0 aliphatic rings. The first kappa shape index (κ1) is 10.2. The van der Waals surface area contributed by atoms with Crippen molar-refractivity contribution in [3.63, 3.8) is 0 Å². The van der Waals surface area contributed by atoms with Crippen LogP contribution in [0, 0.1) is 5.92 Å². The molecule has 0 bridgehead atoms. The number of hydrogen-bond acceptors (Lipinski definition) is 4. The molecule has 64 valence electrons. The van der Waals surface area contributed by atoms with Crippen molar-refractivity contribution in [3.8, 4) is 0 Å². The summed E-state index contributed by atoms with van der Waals surface area (Å²) in [7, 11) is 0. The van der Waals surface area contributed by atoms with Gasteiger partial charge in [0.1, 0.15) is 0 Å². The molecule has 0 rings (SSSR count). The molecular weight excluding hydrogens is 172 g/mol. The molecule has 1 unspecified atom stereocenters. The Morgan fingerprint density at radius 3 is 2.36 bits per heavy atom. The summed E-state index contributed by atoms with van der Waals surface area (Å²) in [4.78, 5) is 28.5. The molecule has 0 spiro atoms. The quantitative estimate of drug-likeness (QED) is 0.370. The number of hydrogen-bond donors (Lipinski definition) is 0. The van der Waals surface area contributed by atoms with E-state index < -0.39 is 11.4 Å². The second-order valence-corrected chi connectivity index (χ2v) is 2.34. The van der Waals surface area contributed by atoms with Crippen LogP contribution in [-0.2, 0) is 14.6 Å². The van der Waals surface area contributed by atoms with Crippen LogP contribution in [0.15, 0.2) is 0 Å². The number of halogens is 1. The van der Waals surface area contributed by atoms with Gasteiger partial charge in [-0.2, -0.15) is 0 Å². The van der Waals surface area contributed by atoms with Crippen LogP contribution in [0.5, 0.6) is 0 Å². The highest BCUT2D eigenvalue weighted by Gasteiger charge is 2.14. The van der Waals surface area contributed by atoms with Gasteiger partial charge >= 0.3 is 11.4 Å². The van der Waals surface area contributed by atoms with Gasteiger partial charge in [-0.15, -0.1) is 0 Å². The molecule has 0 aromatic rings. The first-order valence-corrected chi connectivity index (χ1v) is 3.53. The van der Waals surface area contributed by atoms with E-state index in [-0.39, 0.29) is 5.92 Å². The molecule has 0 aromatic carbocycles. The summed E-state index contributed by atoms with van der Waals surface area (Å²) in [6.45, 7) is 3.47. The van der Waals surface area contributed by atoms with E-state index in [2.05, 4.69) is 9.78 Å². The zero-order valence-electron chi connectivity index (χ0n) is 6.30. The smallest absolute Gasteiger partial charge is 0.247 e. The van der Waals surface area contributed by atoms with Gasteiger partial charge in [-0.05, 0) is 6.42 Å². The van der Waals surface area contributed by atoms with E-state index in [1.54, 1.807) is 6.92 Å². The fraction of sp³-hybridized carbons (Fsp3) is 0.667. The highest BCUT2D eigenvalue weighted by molar-refractivity contribution is 6.61. The summed E-state index contributed by atoms with van der Waals surface area (Å²) in [5.74, 6) is -0.882. The minimum Gasteiger partial charge on any atom is -0.247 e. The van der Waals surface area contributed by atoms with Crippen LogP contribution in [0.4, 0.5) is 4.79 Å². The molecule has 0 saturated heterocycles. The van der Waals surface area contributed by atoms with Crippen molar-refractivity contribution in [2.24, 2.45) is 5.92 Å². The lowest BCUT2D eigenvalue weighted by atomic mass is 10.1. The molecule has 0 N–H and O–H groups in total. The van der Waals surface area contributed by atoms with Gasteiger partial charge in [-0.1, -0.05) is 13.8 Å². The third-order valence-electron chi connectivity index (χ3n) is 1.20. The fourth-order valence-electron chi connectivity index (χ4n) is 0.323. The van der Waals surface area contributed by atoms with Crippen LogP contribution in [0.25, 0.3) is 0 Å². The van der Waals surface area contributed by atoms with Crippen LogP contribution in [0.2, 0.25) is 0 Å². The van der Waals surface area contributed by atoms with E-state index in [1.807, 2.05) is 6.92 Å². The number of rotatable bonds is 2. The molecule has 0 aromatic heterocycles. The Morgan fingerprint density at radius 1 is 1.45 bits per heavy atom. The maximum atomic E-state index is 10.7. The van der Waals surface area contributed by atoms with E-state index in [0.29, 0.717) is 6.42 Å². The number of carbonyl (C=O) groups excluding carboxylic acids is 2. The Kier molecular flexibility index (Phi) is 4.61. The highest BCUT2D eigenvalue weighted by atomic mass is 35.5. The van der Waals surface area contributed by atoms with Crippen molar-refractivity contribution in [2.45, 2.75) is 20.3 Å². The average molecular weight is 181 g/mol. The third kappa shape index (κ3) is 4.61. The van der Waals surface area contributed by atoms with Crippen molar-refractivity contribution in [2.75, 3.05) is 0 Å². The lowest BCUT2D eigenvalue weighted by molar-refractivity contribution is -0.231. The van der Waals surface area contributed by atoms with Crippen LogP contribution in [-0.4, -0.2) is 11.4 Å². The van der Waals surface area contributed by atoms with E-state index in [4.69, 9.17) is 11.6 Å². The molecule has 0 aliphatic carbocycles. The fourth-order valence-corrected chi connectivity index (χ4v) is 0.354. The molecule has 11 heavy (non-hydrogen) atoms. The molecule has 0 amide bonds. The Bertz CT molecular complexity index is 157. The van der Waals surface area contributed by atoms with Crippen molar-refractivity contribution in [3.05, 3.63) is 0 Å². The summed E-state index contributed by atoms with van der Waals surface area (Å²) >= 11 is 4.73. The van der Waals surface area contributed by atoms with Gasteiger partial charge in [-0.25, -0.2) is 19.4 Å². The van der Waals surface area contributed by atoms with E-state index in [0.717, 1.165) is 0 Å². The minimum absolute atomic E-state index is 0.286. The van der Waals surface area contributed by atoms with Crippen LogP contribution in [0.1, 0.15) is 20.3 Å². The largest absolute Gasteiger partial charge is 0.448 e. The lowest BCUT2D eigenvalue weighted by Gasteiger charge is -2.04. The standard InChI is InChI=1S/C6H9ClO4/c1-3-4(2)5(8)10-11-6(7)9/h4H,3H2,1-2H3. The third-order valence-corrected chi connectivity index (χ3v) is 1.27. The summed E-state index contributed by atoms with van der Waals surface area (Å²) in [6, 6.07) is 0. The SMILES string of the molecule is CCC(C)C(=O)OOC(=O)Cl. The maximum absolute atomic E-state index is 10.7. The monoisotopic (exact) mass is 180 g/mol. The Morgan fingerprint density at radius 2 is 2.00 bits per heavy atom. The molecular formula is C6H9ClO4. The van der Waals surface area contributed by atoms with Crippen molar-refractivity contribution < 1.29 is 19.4 Å². The second kappa shape index (κ2) is 4.96. The normalized spacial score (nSPS) is 11.9. The molecule has 0 aliphatic heterocycles. The van der Waals surface area contributed by atoms with E-state index >= 15 is 0 Å². The lowest BCUT2D eigenvalue weighted by Crippen LogP contribution is -2.14. The first-order chi connectivity index (χ1) is 5.07. The summed E-state index contributed by atoms with van der Waals surface area (Å²) in [5.41, 5.74) is -1.15. The summed E-state index contributed by atoms with van der Waals surface area (Å²) in [6.07, 6.45) is 0.624. The molecule has 0 radical (unpaired) electrons. The minimum atomic E-state index is -1.15. The van der Waals surface area contributed by atoms with Gasteiger partial charge in [0, 0.05) is 11.6 Å². The van der Waals surface area contributed by atoms with Crippen molar-refractivity contribution in [1.29, 1.82) is 0 Å². The van der Waals surface area contributed by atoms with Gasteiger partial charge < -0.3 is 0 Å². The maximum Gasteiger partial charge on any atom is 0.448 e. The van der Waals surface area contributed by atoms with Crippen LogP contribution in [0.3, 0.4) is 0 Å². The van der Waals surface area contributed by atoms with Crippen LogP contribution < -0.4 is 0 Å². The van der Waals surface area contributed by atoms with Gasteiger partial charge in [0.2, 0.25) is 0 Å².